The van der Waals surface area contributed by atoms with Crippen molar-refractivity contribution in [1.29, 1.82) is 0 Å². The maximum Gasteiger partial charge on any atom is 0.475 e. The minimum atomic E-state index is -5.24. The predicted octanol–water partition coefficient (Wildman–Crippen LogP) is -1.77. The number of nitrogens with zero attached hydrogens (tertiary/aromatic N) is 4. The van der Waals surface area contributed by atoms with Crippen LogP contribution in [0.3, 0.4) is 0 Å². The lowest BCUT2D eigenvalue weighted by Crippen LogP contribution is -2.41. The maximum absolute atomic E-state index is 14.7. The van der Waals surface area contributed by atoms with E-state index in [-0.39, 0.29) is 41.5 Å². The summed E-state index contributed by atoms with van der Waals surface area (Å²) >= 11 is 0. The van der Waals surface area contributed by atoms with Crippen LogP contribution in [0.1, 0.15) is 79.3 Å². The standard InChI is InChI=1S/C42H55N8O26P3/c1-18-11-47(39(57)43-35(18)53)30-7-22(52)28(70-30)16-67-78(63,64)74-26-10-33(50-14-21(4)38(56)46-42(50)60)72-34(26)23-5-6-66-79(65,75-23)76-25-9-32(49-13-20(3)37(55)45-41(49)59)71-29(25)17-68-77(61,62)73-24-8-31(69-27(24)15-51)48-12-19(2)36(54)44-40(48)58/h11-14,22-34,51-52H,5-10,15-17H2,1-4H3,(H,61,62)(H,63,64)(H,43,53,57)(H,44,54,58)(H,45,55,59)(H,46,56,60)/t22-,23?,24-,25-,26-,27+,28+,29+,30+,31+,32+,33+,34-,79-/m0/s1. The van der Waals surface area contributed by atoms with Crippen molar-refractivity contribution in [3.8, 4) is 0 Å². The molecule has 5 aliphatic rings. The number of aromatic nitrogens is 8. The highest BCUT2D eigenvalue weighted by atomic mass is 31.2. The Kier molecular flexibility index (Phi) is 17.0. The Morgan fingerprint density at radius 1 is 0.582 bits per heavy atom. The van der Waals surface area contributed by atoms with Crippen LogP contribution in [0.2, 0.25) is 0 Å². The third-order valence-corrected chi connectivity index (χ3v) is 17.2. The summed E-state index contributed by atoms with van der Waals surface area (Å²) in [6.07, 6.45) is -14.6. The van der Waals surface area contributed by atoms with Gasteiger partial charge in [-0.3, -0.25) is 89.0 Å². The lowest BCUT2D eigenvalue weighted by molar-refractivity contribution is -0.107. The van der Waals surface area contributed by atoms with E-state index < -0.39 is 188 Å². The maximum atomic E-state index is 14.7. The Hall–Kier alpha value is -5.19. The van der Waals surface area contributed by atoms with Crippen LogP contribution in [-0.4, -0.2) is 140 Å². The molecule has 16 atom stereocenters. The summed E-state index contributed by atoms with van der Waals surface area (Å²) in [6.45, 7) is 2.78. The first-order valence-corrected chi connectivity index (χ1v) is 28.8. The Labute approximate surface area is 441 Å². The largest absolute Gasteiger partial charge is 0.475 e. The van der Waals surface area contributed by atoms with Crippen molar-refractivity contribution in [3.05, 3.63) is 130 Å². The molecule has 9 heterocycles. The number of aliphatic hydroxyl groups is 2. The first-order valence-electron chi connectivity index (χ1n) is 24.3. The number of ether oxygens (including phenoxy) is 4. The van der Waals surface area contributed by atoms with Gasteiger partial charge in [0.15, 0.2) is 0 Å². The van der Waals surface area contributed by atoms with E-state index >= 15 is 0 Å². The number of aryl methyl sites for hydroxylation is 4. The molecule has 5 aliphatic heterocycles. The Bertz CT molecular complexity index is 3610. The normalized spacial score (nSPS) is 32.5. The first kappa shape index (κ1) is 58.5. The van der Waals surface area contributed by atoms with E-state index in [2.05, 4.69) is 19.9 Å². The average Bonchev–Trinajstić information content (AvgIpc) is 4.31. The molecule has 5 fully saturated rings. The monoisotopic (exact) mass is 1180 g/mol. The van der Waals surface area contributed by atoms with E-state index in [1.807, 2.05) is 0 Å². The van der Waals surface area contributed by atoms with Crippen molar-refractivity contribution in [1.82, 2.24) is 38.2 Å². The molecule has 5 saturated heterocycles. The van der Waals surface area contributed by atoms with Crippen LogP contribution < -0.4 is 45.0 Å². The zero-order chi connectivity index (χ0) is 57.0. The number of nitrogens with one attached hydrogen (secondary N) is 4. The first-order chi connectivity index (χ1) is 37.2. The fourth-order valence-corrected chi connectivity index (χ4v) is 13.0. The van der Waals surface area contributed by atoms with Crippen molar-refractivity contribution in [2.45, 2.75) is 140 Å². The molecule has 0 saturated carbocycles. The van der Waals surface area contributed by atoms with Gasteiger partial charge in [0.25, 0.3) is 22.2 Å². The minimum absolute atomic E-state index is 0.0653. The van der Waals surface area contributed by atoms with Crippen molar-refractivity contribution in [2.75, 3.05) is 26.4 Å². The van der Waals surface area contributed by atoms with Crippen LogP contribution in [0.5, 0.6) is 0 Å². The third kappa shape index (κ3) is 13.0. The quantitative estimate of drug-likeness (QED) is 0.0511. The number of aliphatic hydroxyl groups excluding tert-OH is 2. The van der Waals surface area contributed by atoms with Gasteiger partial charge in [-0.1, -0.05) is 0 Å². The number of H-pyrrole nitrogens is 4. The highest BCUT2D eigenvalue weighted by Gasteiger charge is 2.53. The fraction of sp³-hybridized carbons (Fsp3) is 0.619. The number of hydrogen-bond acceptors (Lipinski definition) is 24. The second-order valence-electron chi connectivity index (χ2n) is 19.2. The summed E-state index contributed by atoms with van der Waals surface area (Å²) in [5, 5.41) is 20.8. The molecule has 4 aromatic heterocycles. The molecule has 0 aromatic carbocycles. The van der Waals surface area contributed by atoms with Gasteiger partial charge in [-0.2, -0.15) is 0 Å². The molecule has 8 N–H and O–H groups in total. The summed E-state index contributed by atoms with van der Waals surface area (Å²) in [7, 11) is -15.4. The van der Waals surface area contributed by atoms with Gasteiger partial charge in [0.1, 0.15) is 73.7 Å². The van der Waals surface area contributed by atoms with Gasteiger partial charge in [-0.05, 0) is 27.7 Å². The molecule has 0 amide bonds. The highest BCUT2D eigenvalue weighted by molar-refractivity contribution is 7.48. The Morgan fingerprint density at radius 2 is 0.975 bits per heavy atom. The molecular formula is C42H55N8O26P3. The molecule has 37 heteroatoms. The molecular weight excluding hydrogens is 1130 g/mol. The van der Waals surface area contributed by atoms with Crippen LogP contribution in [0.25, 0.3) is 0 Å². The van der Waals surface area contributed by atoms with E-state index in [4.69, 9.17) is 50.6 Å². The SMILES string of the molecule is Cc1cn([C@H]2C[C@H](OP(=O)(O)OC[C@H]3O[C@@H](n4cc(C)c(=O)[nH]c4=O)C[C@@H]3O[P@@]3(=O)OCCC([C@@H]4O[C@@H](n5cc(C)c(=O)[nH]c5=O)C[C@@H]4OP(=O)(O)OC[C@H]4O[C@@H](n5cc(C)c(=O)[nH]c5=O)C[C@@H]4O)O3)[C@@H](CO)O2)c(=O)[nH]c1=O. The van der Waals surface area contributed by atoms with Gasteiger partial charge in [-0.15, -0.1) is 0 Å². The fourth-order valence-electron chi connectivity index (χ4n) is 9.49. The van der Waals surface area contributed by atoms with Gasteiger partial charge < -0.3 is 38.9 Å². The number of phosphoric ester groups is 3. The van der Waals surface area contributed by atoms with Crippen molar-refractivity contribution in [3.63, 3.8) is 0 Å². The summed E-state index contributed by atoms with van der Waals surface area (Å²) < 4.78 is 109. The van der Waals surface area contributed by atoms with E-state index in [1.54, 1.807) is 0 Å². The van der Waals surface area contributed by atoms with Crippen LogP contribution in [0.4, 0.5) is 0 Å². The smallest absolute Gasteiger partial charge is 0.394 e. The highest BCUT2D eigenvalue weighted by Crippen LogP contribution is 2.59. The van der Waals surface area contributed by atoms with Gasteiger partial charge in [0.05, 0.1) is 32.5 Å². The molecule has 9 rings (SSSR count). The molecule has 34 nitrogen and oxygen atoms in total. The third-order valence-electron chi connectivity index (χ3n) is 13.6. The average molecular weight is 1180 g/mol. The van der Waals surface area contributed by atoms with Gasteiger partial charge in [-0.25, -0.2) is 32.9 Å². The molecule has 3 unspecified atom stereocenters. The van der Waals surface area contributed by atoms with Crippen LogP contribution in [-0.2, 0) is 64.3 Å². The lowest BCUT2D eigenvalue weighted by Gasteiger charge is -2.35. The molecule has 0 bridgehead atoms. The van der Waals surface area contributed by atoms with Crippen molar-refractivity contribution < 1.29 is 84.3 Å². The molecule has 0 spiro atoms. The van der Waals surface area contributed by atoms with Gasteiger partial charge >= 0.3 is 46.2 Å². The van der Waals surface area contributed by atoms with Crippen LogP contribution in [0, 0.1) is 27.7 Å². The Balaban J connectivity index is 0.920. The minimum Gasteiger partial charge on any atom is -0.394 e. The zero-order valence-electron chi connectivity index (χ0n) is 42.1. The van der Waals surface area contributed by atoms with Gasteiger partial charge in [0.2, 0.25) is 0 Å². The number of hydrogen-bond donors (Lipinski definition) is 8. The summed E-state index contributed by atoms with van der Waals surface area (Å²) in [5.74, 6) is 0. The molecule has 434 valence electrons. The molecule has 0 radical (unpaired) electrons. The second kappa shape index (κ2) is 23.0. The Morgan fingerprint density at radius 3 is 1.46 bits per heavy atom. The van der Waals surface area contributed by atoms with Crippen molar-refractivity contribution >= 4 is 23.5 Å². The molecule has 0 aliphatic carbocycles. The topological polar surface area (TPSA) is 453 Å². The summed E-state index contributed by atoms with van der Waals surface area (Å²) in [6, 6.07) is 0. The summed E-state index contributed by atoms with van der Waals surface area (Å²) in [4.78, 5) is 130. The molecule has 4 aromatic rings. The molecule has 79 heavy (non-hydrogen) atoms. The van der Waals surface area contributed by atoms with E-state index in [0.29, 0.717) is 0 Å². The number of rotatable bonds is 18. The predicted molar refractivity (Wildman–Crippen MR) is 261 cm³/mol. The number of aromatic amines is 4. The van der Waals surface area contributed by atoms with Gasteiger partial charge in [0, 0.05) is 79.1 Å². The van der Waals surface area contributed by atoms with Crippen LogP contribution >= 0.6 is 23.5 Å². The van der Waals surface area contributed by atoms with E-state index in [0.717, 1.165) is 30.7 Å². The van der Waals surface area contributed by atoms with Crippen LogP contribution in [0.15, 0.2) is 63.1 Å². The van der Waals surface area contributed by atoms with E-state index in [1.165, 1.54) is 40.1 Å². The number of phosphoric acid groups is 3. The summed E-state index contributed by atoms with van der Waals surface area (Å²) in [5.41, 5.74) is -5.92. The van der Waals surface area contributed by atoms with E-state index in [9.17, 15) is 72.1 Å². The zero-order valence-corrected chi connectivity index (χ0v) is 44.8. The lowest BCUT2D eigenvalue weighted by atomic mass is 10.1. The van der Waals surface area contributed by atoms with Crippen molar-refractivity contribution in [2.24, 2.45) is 0 Å². The second-order valence-corrected chi connectivity index (χ2v) is 23.6.